The van der Waals surface area contributed by atoms with Gasteiger partial charge in [-0.2, -0.15) is 0 Å². The van der Waals surface area contributed by atoms with E-state index >= 15 is 0 Å². The van der Waals surface area contributed by atoms with Crippen LogP contribution in [0.1, 0.15) is 25.8 Å². The number of halogens is 1. The highest BCUT2D eigenvalue weighted by atomic mass is 19.1. The number of ether oxygens (including phenoxy) is 1. The third kappa shape index (κ3) is 4.93. The first-order valence-electron chi connectivity index (χ1n) is 8.16. The maximum absolute atomic E-state index is 13.8. The summed E-state index contributed by atoms with van der Waals surface area (Å²) in [6.45, 7) is 6.61. The summed E-state index contributed by atoms with van der Waals surface area (Å²) in [6.07, 6.45) is 1.52. The number of rotatable bonds is 6. The van der Waals surface area contributed by atoms with Gasteiger partial charge >= 0.3 is 5.97 Å². The molecule has 3 unspecified atom stereocenters. The van der Waals surface area contributed by atoms with E-state index in [0.717, 1.165) is 31.5 Å². The molecule has 4 nitrogen and oxygen atoms in total. The predicted octanol–water partition coefficient (Wildman–Crippen LogP) is 3.06. The zero-order valence-corrected chi connectivity index (χ0v) is 14.1. The van der Waals surface area contributed by atoms with E-state index in [9.17, 15) is 14.3 Å². The number of benzene rings is 1. The van der Waals surface area contributed by atoms with Crippen LogP contribution in [0.25, 0.3) is 0 Å². The molecule has 1 heterocycles. The summed E-state index contributed by atoms with van der Waals surface area (Å²) in [5.41, 5.74) is 0.940. The van der Waals surface area contributed by atoms with Crippen LogP contribution < -0.4 is 4.74 Å². The zero-order valence-electron chi connectivity index (χ0n) is 14.1. The van der Waals surface area contributed by atoms with Gasteiger partial charge in [0.25, 0.3) is 0 Å². The molecule has 1 aliphatic heterocycles. The van der Waals surface area contributed by atoms with Crippen LogP contribution in [0.5, 0.6) is 5.75 Å². The molecule has 2 rings (SSSR count). The number of methoxy groups -OCH3 is 1. The third-order valence-electron chi connectivity index (χ3n) is 4.45. The first-order chi connectivity index (χ1) is 10.9. The number of hydrogen-bond donors (Lipinski definition) is 1. The predicted molar refractivity (Wildman–Crippen MR) is 87.2 cm³/mol. The zero-order chi connectivity index (χ0) is 17.0. The minimum Gasteiger partial charge on any atom is -0.494 e. The van der Waals surface area contributed by atoms with Gasteiger partial charge < -0.3 is 14.7 Å². The topological polar surface area (TPSA) is 49.8 Å². The Hall–Kier alpha value is -1.62. The summed E-state index contributed by atoms with van der Waals surface area (Å²) in [6, 6.07) is 5.06. The van der Waals surface area contributed by atoms with Crippen LogP contribution in [0.2, 0.25) is 0 Å². The van der Waals surface area contributed by atoms with Crippen molar-refractivity contribution in [1.82, 2.24) is 4.90 Å². The molecule has 0 radical (unpaired) electrons. The number of carbonyl (C=O) groups is 1. The second-order valence-corrected chi connectivity index (χ2v) is 6.87. The van der Waals surface area contributed by atoms with E-state index in [4.69, 9.17) is 4.74 Å². The largest absolute Gasteiger partial charge is 0.494 e. The highest BCUT2D eigenvalue weighted by Gasteiger charge is 2.29. The van der Waals surface area contributed by atoms with Crippen LogP contribution >= 0.6 is 0 Å². The van der Waals surface area contributed by atoms with E-state index in [1.54, 1.807) is 6.07 Å². The summed E-state index contributed by atoms with van der Waals surface area (Å²) in [5, 5.41) is 9.24. The van der Waals surface area contributed by atoms with Crippen molar-refractivity contribution in [2.24, 2.45) is 17.8 Å². The number of nitrogens with zero attached hydrogens (tertiary/aromatic N) is 1. The molecule has 0 aromatic heterocycles. The minimum absolute atomic E-state index is 0.260. The molecular formula is C18H26FNO3. The van der Waals surface area contributed by atoms with E-state index in [-0.39, 0.29) is 17.5 Å². The van der Waals surface area contributed by atoms with E-state index < -0.39 is 5.97 Å². The lowest BCUT2D eigenvalue weighted by Gasteiger charge is -2.36. The Morgan fingerprint density at radius 1 is 1.48 bits per heavy atom. The van der Waals surface area contributed by atoms with Gasteiger partial charge in [-0.3, -0.25) is 4.79 Å². The van der Waals surface area contributed by atoms with Crippen molar-refractivity contribution >= 4 is 5.97 Å². The summed E-state index contributed by atoms with van der Waals surface area (Å²) in [4.78, 5) is 13.5. The smallest absolute Gasteiger partial charge is 0.307 e. The molecule has 0 spiro atoms. The van der Waals surface area contributed by atoms with Crippen LogP contribution in [0, 0.1) is 23.6 Å². The SMILES string of the molecule is COc1ccc(CC(C)CN2CC(C)CC(C(=O)O)C2)cc1F. The van der Waals surface area contributed by atoms with Crippen LogP contribution in [0.15, 0.2) is 18.2 Å². The van der Waals surface area contributed by atoms with Gasteiger partial charge in [0.05, 0.1) is 13.0 Å². The van der Waals surface area contributed by atoms with Gasteiger partial charge in [0.15, 0.2) is 11.6 Å². The molecule has 1 saturated heterocycles. The van der Waals surface area contributed by atoms with Crippen molar-refractivity contribution in [1.29, 1.82) is 0 Å². The molecule has 5 heteroatoms. The van der Waals surface area contributed by atoms with Crippen LogP contribution in [-0.4, -0.2) is 42.7 Å². The van der Waals surface area contributed by atoms with E-state index in [1.165, 1.54) is 13.2 Å². The Morgan fingerprint density at radius 2 is 2.22 bits per heavy atom. The molecule has 1 aromatic carbocycles. The lowest BCUT2D eigenvalue weighted by atomic mass is 9.89. The van der Waals surface area contributed by atoms with Gasteiger partial charge in [-0.05, 0) is 42.4 Å². The molecule has 23 heavy (non-hydrogen) atoms. The van der Waals surface area contributed by atoms with Gasteiger partial charge in [-0.15, -0.1) is 0 Å². The second kappa shape index (κ2) is 7.77. The fraction of sp³-hybridized carbons (Fsp3) is 0.611. The van der Waals surface area contributed by atoms with Gasteiger partial charge in [-0.25, -0.2) is 4.39 Å². The normalized spacial score (nSPS) is 23.5. The summed E-state index contributed by atoms with van der Waals surface area (Å²) < 4.78 is 18.7. The average molecular weight is 323 g/mol. The molecule has 0 saturated carbocycles. The first kappa shape index (κ1) is 17.7. The minimum atomic E-state index is -0.702. The average Bonchev–Trinajstić information content (AvgIpc) is 2.46. The Bertz CT molecular complexity index is 549. The molecule has 128 valence electrons. The van der Waals surface area contributed by atoms with Gasteiger partial charge in [0.2, 0.25) is 0 Å². The highest BCUT2D eigenvalue weighted by Crippen LogP contribution is 2.24. The maximum atomic E-state index is 13.8. The van der Waals surface area contributed by atoms with Crippen molar-refractivity contribution in [3.63, 3.8) is 0 Å². The Morgan fingerprint density at radius 3 is 2.83 bits per heavy atom. The highest BCUT2D eigenvalue weighted by molar-refractivity contribution is 5.70. The van der Waals surface area contributed by atoms with E-state index in [1.807, 2.05) is 6.07 Å². The monoisotopic (exact) mass is 323 g/mol. The fourth-order valence-electron chi connectivity index (χ4n) is 3.53. The van der Waals surface area contributed by atoms with E-state index in [0.29, 0.717) is 18.4 Å². The van der Waals surface area contributed by atoms with Crippen molar-refractivity contribution in [2.75, 3.05) is 26.7 Å². The van der Waals surface area contributed by atoms with Crippen molar-refractivity contribution in [3.8, 4) is 5.75 Å². The molecule has 1 aliphatic rings. The van der Waals surface area contributed by atoms with Gasteiger partial charge in [0, 0.05) is 19.6 Å². The lowest BCUT2D eigenvalue weighted by Crippen LogP contribution is -2.44. The number of carboxylic acid groups (broad SMARTS) is 1. The van der Waals surface area contributed by atoms with Gasteiger partial charge in [-0.1, -0.05) is 19.9 Å². The molecule has 0 bridgehead atoms. The number of hydrogen-bond acceptors (Lipinski definition) is 3. The molecular weight excluding hydrogens is 297 g/mol. The molecule has 3 atom stereocenters. The van der Waals surface area contributed by atoms with Gasteiger partial charge in [0.1, 0.15) is 0 Å². The molecule has 0 aliphatic carbocycles. The van der Waals surface area contributed by atoms with Crippen molar-refractivity contribution < 1.29 is 19.0 Å². The maximum Gasteiger partial charge on any atom is 0.307 e. The van der Waals surface area contributed by atoms with Crippen LogP contribution in [0.3, 0.4) is 0 Å². The number of likely N-dealkylation sites (tertiary alicyclic amines) is 1. The van der Waals surface area contributed by atoms with Crippen molar-refractivity contribution in [2.45, 2.75) is 26.7 Å². The Kier molecular flexibility index (Phi) is 5.99. The molecule has 1 aromatic rings. The Labute approximate surface area is 137 Å². The second-order valence-electron chi connectivity index (χ2n) is 6.87. The van der Waals surface area contributed by atoms with Crippen LogP contribution in [0.4, 0.5) is 4.39 Å². The van der Waals surface area contributed by atoms with Crippen LogP contribution in [-0.2, 0) is 11.2 Å². The standard InChI is InChI=1S/C18H26FNO3/c1-12(6-14-4-5-17(23-3)16(19)8-14)9-20-10-13(2)7-15(11-20)18(21)22/h4-5,8,12-13,15H,6-7,9-11H2,1-3H3,(H,21,22). The first-order valence-corrected chi connectivity index (χ1v) is 8.16. The summed E-state index contributed by atoms with van der Waals surface area (Å²) >= 11 is 0. The quantitative estimate of drug-likeness (QED) is 0.874. The fourth-order valence-corrected chi connectivity index (χ4v) is 3.53. The molecule has 0 amide bonds. The van der Waals surface area contributed by atoms with Crippen molar-refractivity contribution in [3.05, 3.63) is 29.6 Å². The lowest BCUT2D eigenvalue weighted by molar-refractivity contribution is -0.144. The Balaban J connectivity index is 1.92. The number of aliphatic carboxylic acids is 1. The molecule has 1 fully saturated rings. The van der Waals surface area contributed by atoms with E-state index in [2.05, 4.69) is 18.7 Å². The summed E-state index contributed by atoms with van der Waals surface area (Å²) in [5.74, 6) is -0.320. The summed E-state index contributed by atoms with van der Waals surface area (Å²) in [7, 11) is 1.46. The number of piperidine rings is 1. The number of carboxylic acids is 1. The molecule has 1 N–H and O–H groups in total. The third-order valence-corrected chi connectivity index (χ3v) is 4.45.